The summed E-state index contributed by atoms with van der Waals surface area (Å²) in [7, 11) is 0. The molecule has 13 heteroatoms. The van der Waals surface area contributed by atoms with Gasteiger partial charge in [0.15, 0.2) is 0 Å². The zero-order chi connectivity index (χ0) is 15.6. The molecule has 0 bridgehead atoms. The van der Waals surface area contributed by atoms with Crippen molar-refractivity contribution < 1.29 is 29.5 Å². The molecule has 11 nitrogen and oxygen atoms in total. The van der Waals surface area contributed by atoms with Crippen molar-refractivity contribution in [3.8, 4) is 0 Å². The Labute approximate surface area is 126 Å². The fourth-order valence-corrected chi connectivity index (χ4v) is 10.5. The standard InChI is InChI=1S/C8H10Ge2N4O7/c15-5-1-3(11-7(17)13-5)9(19)21-10(20)4-2-6(16)14-8(18)12-4/h3-4H,1-2H2,(H2,11,13,15,17)(H2,12,14,16,18). The van der Waals surface area contributed by atoms with Gasteiger partial charge in [0, 0.05) is 0 Å². The first-order chi connectivity index (χ1) is 9.85. The van der Waals surface area contributed by atoms with Crippen LogP contribution in [0.5, 0.6) is 0 Å². The topological polar surface area (TPSA) is 160 Å². The molecule has 2 saturated heterocycles. The Morgan fingerprint density at radius 1 is 0.810 bits per heavy atom. The van der Waals surface area contributed by atoms with E-state index in [2.05, 4.69) is 10.6 Å². The van der Waals surface area contributed by atoms with Crippen molar-refractivity contribution in [2.75, 3.05) is 0 Å². The van der Waals surface area contributed by atoms with Crippen LogP contribution >= 0.6 is 0 Å². The van der Waals surface area contributed by atoms with Crippen LogP contribution in [0.1, 0.15) is 12.8 Å². The number of nitrogens with one attached hydrogen (secondary N) is 4. The number of urea groups is 2. The van der Waals surface area contributed by atoms with Gasteiger partial charge >= 0.3 is 127 Å². The summed E-state index contributed by atoms with van der Waals surface area (Å²) < 4.78 is 28.9. The minimum atomic E-state index is -3.69. The molecule has 4 N–H and O–H groups in total. The number of amides is 6. The molecular formula is C8H10Ge2N4O7. The number of hydrogen-bond acceptors (Lipinski definition) is 7. The van der Waals surface area contributed by atoms with Crippen molar-refractivity contribution in [1.82, 2.24) is 21.3 Å². The van der Waals surface area contributed by atoms with E-state index in [0.717, 1.165) is 0 Å². The fourth-order valence-electron chi connectivity index (χ4n) is 1.74. The fraction of sp³-hybridized carbons (Fsp3) is 0.500. The Hall–Kier alpha value is -1.63. The Morgan fingerprint density at radius 3 is 1.52 bits per heavy atom. The third-order valence-electron chi connectivity index (χ3n) is 2.67. The van der Waals surface area contributed by atoms with E-state index in [1.54, 1.807) is 0 Å². The first-order valence-electron chi connectivity index (χ1n) is 5.81. The van der Waals surface area contributed by atoms with Crippen LogP contribution in [-0.2, 0) is 19.9 Å². The van der Waals surface area contributed by atoms with Gasteiger partial charge in [-0.1, -0.05) is 0 Å². The molecule has 112 valence electrons. The van der Waals surface area contributed by atoms with Gasteiger partial charge in [0.2, 0.25) is 0 Å². The zero-order valence-electron chi connectivity index (χ0n) is 10.4. The van der Waals surface area contributed by atoms with E-state index in [-0.39, 0.29) is 12.8 Å². The number of rotatable bonds is 4. The van der Waals surface area contributed by atoms with Gasteiger partial charge in [-0.3, -0.25) is 0 Å². The molecule has 0 radical (unpaired) electrons. The monoisotopic (exact) mass is 422 g/mol. The second kappa shape index (κ2) is 6.42. The van der Waals surface area contributed by atoms with Gasteiger partial charge in [0.05, 0.1) is 0 Å². The van der Waals surface area contributed by atoms with Crippen molar-refractivity contribution in [2.45, 2.75) is 22.6 Å². The predicted molar refractivity (Wildman–Crippen MR) is 64.1 cm³/mol. The van der Waals surface area contributed by atoms with E-state index in [4.69, 9.17) is 2.79 Å². The van der Waals surface area contributed by atoms with E-state index in [9.17, 15) is 26.7 Å². The normalized spacial score (nSPS) is 25.1. The van der Waals surface area contributed by atoms with Crippen LogP contribution in [0.2, 0.25) is 0 Å². The maximum atomic E-state index is 12.0. The average molecular weight is 419 g/mol. The Kier molecular flexibility index (Phi) is 4.82. The van der Waals surface area contributed by atoms with Crippen molar-refractivity contribution in [1.29, 1.82) is 0 Å². The molecule has 2 fully saturated rings. The van der Waals surface area contributed by atoms with Crippen LogP contribution in [0, 0.1) is 0 Å². The first-order valence-corrected chi connectivity index (χ1v) is 11.7. The van der Waals surface area contributed by atoms with Gasteiger partial charge in [-0.25, -0.2) is 0 Å². The van der Waals surface area contributed by atoms with Crippen molar-refractivity contribution >= 4 is 53.1 Å². The number of imide groups is 2. The molecule has 2 aliphatic heterocycles. The van der Waals surface area contributed by atoms with Gasteiger partial charge in [0.25, 0.3) is 0 Å². The molecule has 2 heterocycles. The Balaban J connectivity index is 1.94. The summed E-state index contributed by atoms with van der Waals surface area (Å²) in [5.41, 5.74) is 0. The quantitative estimate of drug-likeness (QED) is 0.356. The molecule has 6 amide bonds. The van der Waals surface area contributed by atoms with Gasteiger partial charge in [-0.15, -0.1) is 0 Å². The molecule has 0 saturated carbocycles. The van der Waals surface area contributed by atoms with Gasteiger partial charge in [0.1, 0.15) is 0 Å². The number of hydrogen-bond donors (Lipinski definition) is 4. The molecule has 0 aromatic rings. The predicted octanol–water partition coefficient (Wildman–Crippen LogP) is -2.88. The summed E-state index contributed by atoms with van der Waals surface area (Å²) in [5.74, 6) is -1.21. The molecule has 21 heavy (non-hydrogen) atoms. The number of carbonyl (C=O) groups excluding carboxylic acids is 4. The molecule has 2 unspecified atom stereocenters. The maximum absolute atomic E-state index is 12.0. The van der Waals surface area contributed by atoms with E-state index >= 15 is 0 Å². The molecule has 2 atom stereocenters. The summed E-state index contributed by atoms with van der Waals surface area (Å²) in [5, 5.41) is 8.44. The van der Waals surface area contributed by atoms with E-state index in [1.165, 1.54) is 0 Å². The van der Waals surface area contributed by atoms with Crippen LogP contribution in [0.4, 0.5) is 9.59 Å². The summed E-state index contributed by atoms with van der Waals surface area (Å²) in [6.07, 6.45) is -0.457. The molecule has 0 aromatic carbocycles. The summed E-state index contributed by atoms with van der Waals surface area (Å²) in [6, 6.07) is -1.59. The third kappa shape index (κ3) is 4.17. The summed E-state index contributed by atoms with van der Waals surface area (Å²) >= 11 is -7.38. The van der Waals surface area contributed by atoms with E-state index in [1.807, 2.05) is 10.6 Å². The first kappa shape index (κ1) is 15.7. The van der Waals surface area contributed by atoms with Crippen LogP contribution in [0.15, 0.2) is 0 Å². The minimum absolute atomic E-state index is 0.228. The van der Waals surface area contributed by atoms with Crippen molar-refractivity contribution in [3.05, 3.63) is 0 Å². The van der Waals surface area contributed by atoms with Crippen LogP contribution in [0.25, 0.3) is 0 Å². The molecular weight excluding hydrogens is 409 g/mol. The van der Waals surface area contributed by atoms with Crippen molar-refractivity contribution in [3.63, 3.8) is 0 Å². The van der Waals surface area contributed by atoms with Crippen LogP contribution in [0.3, 0.4) is 0 Å². The Bertz CT molecular complexity index is 485. The molecule has 0 spiro atoms. The summed E-state index contributed by atoms with van der Waals surface area (Å²) in [6.45, 7) is 0. The SMILES string of the molecule is O=C1C[CH]([Ge](=[O])[O][Ge](=[O])[CH]2CC(=O)NC(=O)N2)NC(=O)N1. The average Bonchev–Trinajstić information content (AvgIpc) is 2.36. The number of carbonyl (C=O) groups is 4. The third-order valence-corrected chi connectivity index (χ3v) is 11.7. The second-order valence-electron chi connectivity index (χ2n) is 4.30. The van der Waals surface area contributed by atoms with E-state index in [0.29, 0.717) is 0 Å². The van der Waals surface area contributed by atoms with E-state index < -0.39 is 62.9 Å². The van der Waals surface area contributed by atoms with Gasteiger partial charge in [-0.2, -0.15) is 0 Å². The summed E-state index contributed by atoms with van der Waals surface area (Å²) in [4.78, 5) is 42.5. The molecule has 2 aliphatic rings. The van der Waals surface area contributed by atoms with Gasteiger partial charge < -0.3 is 0 Å². The van der Waals surface area contributed by atoms with Crippen LogP contribution < -0.4 is 21.3 Å². The molecule has 2 rings (SSSR count). The van der Waals surface area contributed by atoms with Crippen molar-refractivity contribution in [2.24, 2.45) is 0 Å². The Morgan fingerprint density at radius 2 is 1.19 bits per heavy atom. The zero-order valence-corrected chi connectivity index (χ0v) is 14.6. The van der Waals surface area contributed by atoms with Gasteiger partial charge in [-0.05, 0) is 0 Å². The van der Waals surface area contributed by atoms with Crippen LogP contribution in [-0.4, -0.2) is 62.9 Å². The second-order valence-corrected chi connectivity index (χ2v) is 12.6. The molecule has 0 aliphatic carbocycles. The molecule has 0 aromatic heterocycles.